The van der Waals surface area contributed by atoms with E-state index in [1.165, 1.54) is 5.54 Å². The Kier molecular flexibility index (Phi) is 2.75. The van der Waals surface area contributed by atoms with Crippen LogP contribution in [0, 0.1) is 0 Å². The highest BCUT2D eigenvalue weighted by atomic mass is 35.5. The van der Waals surface area contributed by atoms with Crippen molar-refractivity contribution in [1.82, 2.24) is 0 Å². The van der Waals surface area contributed by atoms with Crippen molar-refractivity contribution in [2.45, 2.75) is 25.4 Å². The van der Waals surface area contributed by atoms with Crippen molar-refractivity contribution < 1.29 is 9.53 Å². The molecule has 1 fully saturated rings. The molecular formula is C7H9ClO2. The predicted molar refractivity (Wildman–Crippen MR) is 38.7 cm³/mol. The van der Waals surface area contributed by atoms with E-state index in [0.29, 0.717) is 6.42 Å². The molecule has 0 radical (unpaired) electrons. The van der Waals surface area contributed by atoms with Gasteiger partial charge in [-0.2, -0.15) is 0 Å². The molecule has 0 bridgehead atoms. The molecular weight excluding hydrogens is 152 g/mol. The van der Waals surface area contributed by atoms with E-state index in [-0.39, 0.29) is 12.1 Å². The predicted octanol–water partition coefficient (Wildman–Crippen LogP) is 1.83. The maximum Gasteiger partial charge on any atom is 0.306 e. The van der Waals surface area contributed by atoms with Crippen molar-refractivity contribution >= 4 is 17.6 Å². The average Bonchev–Trinajstić information content (AvgIpc) is 1.88. The SMILES string of the molecule is O=C1CCCC(/C=C/Cl)O1. The van der Waals surface area contributed by atoms with Crippen molar-refractivity contribution in [3.8, 4) is 0 Å². The zero-order chi connectivity index (χ0) is 7.40. The third-order valence-electron chi connectivity index (χ3n) is 1.44. The first-order valence-corrected chi connectivity index (χ1v) is 3.73. The summed E-state index contributed by atoms with van der Waals surface area (Å²) in [6.07, 6.45) is 3.96. The Bertz CT molecular complexity index is 154. The second kappa shape index (κ2) is 3.62. The summed E-state index contributed by atoms with van der Waals surface area (Å²) < 4.78 is 4.92. The maximum atomic E-state index is 10.6. The van der Waals surface area contributed by atoms with Crippen molar-refractivity contribution in [1.29, 1.82) is 0 Å². The monoisotopic (exact) mass is 160 g/mol. The normalized spacial score (nSPS) is 26.9. The van der Waals surface area contributed by atoms with Crippen molar-refractivity contribution in [3.05, 3.63) is 11.6 Å². The van der Waals surface area contributed by atoms with Gasteiger partial charge in [-0.1, -0.05) is 11.6 Å². The lowest BCUT2D eigenvalue weighted by atomic mass is 10.1. The van der Waals surface area contributed by atoms with E-state index in [9.17, 15) is 4.79 Å². The number of hydrogen-bond acceptors (Lipinski definition) is 2. The number of ether oxygens (including phenoxy) is 1. The van der Waals surface area contributed by atoms with Crippen LogP contribution in [0.2, 0.25) is 0 Å². The molecule has 1 unspecified atom stereocenters. The van der Waals surface area contributed by atoms with Gasteiger partial charge in [-0.25, -0.2) is 0 Å². The second-order valence-electron chi connectivity index (χ2n) is 2.24. The third-order valence-corrected chi connectivity index (χ3v) is 1.59. The average molecular weight is 161 g/mol. The van der Waals surface area contributed by atoms with Crippen LogP contribution in [0.15, 0.2) is 11.6 Å². The van der Waals surface area contributed by atoms with Crippen LogP contribution in [0.5, 0.6) is 0 Å². The molecule has 2 nitrogen and oxygen atoms in total. The molecule has 0 aromatic heterocycles. The number of esters is 1. The molecule has 3 heteroatoms. The number of rotatable bonds is 1. The third kappa shape index (κ3) is 2.03. The van der Waals surface area contributed by atoms with Crippen LogP contribution in [0.3, 0.4) is 0 Å². The van der Waals surface area contributed by atoms with E-state index >= 15 is 0 Å². The maximum absolute atomic E-state index is 10.6. The number of carbonyl (C=O) groups is 1. The summed E-state index contributed by atoms with van der Waals surface area (Å²) in [4.78, 5) is 10.6. The molecule has 0 spiro atoms. The number of hydrogen-bond donors (Lipinski definition) is 0. The smallest absolute Gasteiger partial charge is 0.306 e. The van der Waals surface area contributed by atoms with Gasteiger partial charge in [0.05, 0.1) is 0 Å². The minimum absolute atomic E-state index is 0.0845. The Morgan fingerprint density at radius 2 is 2.50 bits per heavy atom. The van der Waals surface area contributed by atoms with E-state index in [4.69, 9.17) is 16.3 Å². The molecule has 56 valence electrons. The summed E-state index contributed by atoms with van der Waals surface area (Å²) >= 11 is 5.31. The molecule has 0 aromatic rings. The van der Waals surface area contributed by atoms with Gasteiger partial charge in [0.2, 0.25) is 0 Å². The Labute approximate surface area is 64.8 Å². The van der Waals surface area contributed by atoms with Crippen molar-refractivity contribution in [2.75, 3.05) is 0 Å². The summed E-state index contributed by atoms with van der Waals surface area (Å²) in [7, 11) is 0. The van der Waals surface area contributed by atoms with Crippen LogP contribution in [0.1, 0.15) is 19.3 Å². The molecule has 1 aliphatic heterocycles. The van der Waals surface area contributed by atoms with Gasteiger partial charge < -0.3 is 4.74 Å². The largest absolute Gasteiger partial charge is 0.458 e. The van der Waals surface area contributed by atoms with E-state index in [1.54, 1.807) is 6.08 Å². The van der Waals surface area contributed by atoms with Gasteiger partial charge in [0.25, 0.3) is 0 Å². The quantitative estimate of drug-likeness (QED) is 0.547. The zero-order valence-electron chi connectivity index (χ0n) is 5.55. The van der Waals surface area contributed by atoms with E-state index in [1.807, 2.05) is 0 Å². The fourth-order valence-electron chi connectivity index (χ4n) is 0.951. The van der Waals surface area contributed by atoms with E-state index < -0.39 is 0 Å². The van der Waals surface area contributed by atoms with Crippen LogP contribution in [0.25, 0.3) is 0 Å². The number of carbonyl (C=O) groups excluding carboxylic acids is 1. The molecule has 1 heterocycles. The second-order valence-corrected chi connectivity index (χ2v) is 2.49. The number of halogens is 1. The molecule has 1 rings (SSSR count). The highest BCUT2D eigenvalue weighted by molar-refractivity contribution is 6.25. The molecule has 1 atom stereocenters. The molecule has 0 aliphatic carbocycles. The first kappa shape index (κ1) is 7.61. The lowest BCUT2D eigenvalue weighted by molar-refractivity contribution is -0.150. The lowest BCUT2D eigenvalue weighted by Crippen LogP contribution is -2.21. The fraction of sp³-hybridized carbons (Fsp3) is 0.571. The van der Waals surface area contributed by atoms with Gasteiger partial charge in [-0.15, -0.1) is 0 Å². The topological polar surface area (TPSA) is 26.3 Å². The summed E-state index contributed by atoms with van der Waals surface area (Å²) in [5.74, 6) is -0.119. The van der Waals surface area contributed by atoms with Crippen LogP contribution in [-0.2, 0) is 9.53 Å². The minimum Gasteiger partial charge on any atom is -0.458 e. The summed E-state index contributed by atoms with van der Waals surface area (Å²) in [5.41, 5.74) is 1.39. The van der Waals surface area contributed by atoms with Gasteiger partial charge >= 0.3 is 5.97 Å². The zero-order valence-corrected chi connectivity index (χ0v) is 6.30. The highest BCUT2D eigenvalue weighted by Gasteiger charge is 2.16. The van der Waals surface area contributed by atoms with Crippen molar-refractivity contribution in [3.63, 3.8) is 0 Å². The Morgan fingerprint density at radius 3 is 3.10 bits per heavy atom. The Hall–Kier alpha value is -0.500. The molecule has 10 heavy (non-hydrogen) atoms. The van der Waals surface area contributed by atoms with Crippen LogP contribution in [-0.4, -0.2) is 12.1 Å². The van der Waals surface area contributed by atoms with E-state index in [2.05, 4.69) is 0 Å². The van der Waals surface area contributed by atoms with Crippen molar-refractivity contribution in [2.24, 2.45) is 0 Å². The van der Waals surface area contributed by atoms with Gasteiger partial charge in [0.15, 0.2) is 0 Å². The molecule has 0 amide bonds. The van der Waals surface area contributed by atoms with E-state index in [0.717, 1.165) is 12.8 Å². The van der Waals surface area contributed by atoms with Gasteiger partial charge in [-0.3, -0.25) is 4.79 Å². The molecule has 1 saturated heterocycles. The first-order valence-electron chi connectivity index (χ1n) is 3.29. The van der Waals surface area contributed by atoms with Crippen LogP contribution >= 0.6 is 11.6 Å². The Morgan fingerprint density at radius 1 is 1.70 bits per heavy atom. The van der Waals surface area contributed by atoms with Gasteiger partial charge in [0.1, 0.15) is 6.10 Å². The minimum atomic E-state index is -0.119. The lowest BCUT2D eigenvalue weighted by Gasteiger charge is -2.18. The molecule has 0 N–H and O–H groups in total. The standard InChI is InChI=1S/C7H9ClO2/c8-5-4-6-2-1-3-7(9)10-6/h4-6H,1-3H2/b5-4+. The molecule has 1 aliphatic rings. The van der Waals surface area contributed by atoms with Crippen LogP contribution < -0.4 is 0 Å². The molecule has 0 aromatic carbocycles. The molecule has 0 saturated carbocycles. The summed E-state index contributed by atoms with van der Waals surface area (Å²) in [5, 5.41) is 0. The number of cyclic esters (lactones) is 1. The summed E-state index contributed by atoms with van der Waals surface area (Å²) in [6, 6.07) is 0. The van der Waals surface area contributed by atoms with Crippen LogP contribution in [0.4, 0.5) is 0 Å². The Balaban J connectivity index is 2.39. The fourth-order valence-corrected chi connectivity index (χ4v) is 1.11. The first-order chi connectivity index (χ1) is 4.83. The van der Waals surface area contributed by atoms with Gasteiger partial charge in [0, 0.05) is 12.0 Å². The summed E-state index contributed by atoms with van der Waals surface area (Å²) in [6.45, 7) is 0. The highest BCUT2D eigenvalue weighted by Crippen LogP contribution is 2.14. The van der Waals surface area contributed by atoms with Gasteiger partial charge in [-0.05, 0) is 18.9 Å².